The molecule has 0 bridgehead atoms. The van der Waals surface area contributed by atoms with Crippen LogP contribution in [0.2, 0.25) is 0 Å². The minimum atomic E-state index is -4.41. The second-order valence-electron chi connectivity index (χ2n) is 15.2. The van der Waals surface area contributed by atoms with Crippen LogP contribution in [0.25, 0.3) is 0 Å². The Morgan fingerprint density at radius 1 is 0.667 bits per heavy atom. The first-order chi connectivity index (χ1) is 25.9. The summed E-state index contributed by atoms with van der Waals surface area (Å²) < 4.78 is 34.1. The molecule has 0 saturated heterocycles. The van der Waals surface area contributed by atoms with Crippen molar-refractivity contribution in [2.24, 2.45) is 0 Å². The van der Waals surface area contributed by atoms with Crippen LogP contribution >= 0.6 is 7.82 Å². The number of nitrogens with zero attached hydrogens (tertiary/aromatic N) is 1. The van der Waals surface area contributed by atoms with Gasteiger partial charge in [0.05, 0.1) is 33.9 Å². The largest absolute Gasteiger partial charge is 0.472 e. The number of quaternary nitrogens is 1. The number of rotatable bonds is 37. The standard InChI is InChI=1S/C43H78NO9P/c1-6-8-10-12-14-16-17-18-20-22-26-30-34-42(46)50-38-41(39-52-54(48,49)51-37-36-44(3,4)5)53-43(47)35-31-27-23-25-29-33-40(45)32-28-24-21-19-15-13-11-9-7-2/h15,19,23-25,28-29,33,40-41,45H,6-14,16-18,20-22,26-27,30-32,34-39H2,1-5H3/p+1/b19-15-,25-23+,28-24-,33-29-/t40?,41-/m1/s1. The van der Waals surface area contributed by atoms with Crippen LogP contribution in [0.15, 0.2) is 48.6 Å². The Bertz CT molecular complexity index is 1080. The number of ether oxygens (including phenoxy) is 2. The van der Waals surface area contributed by atoms with Gasteiger partial charge in [-0.15, -0.1) is 0 Å². The van der Waals surface area contributed by atoms with E-state index >= 15 is 0 Å². The third-order valence-electron chi connectivity index (χ3n) is 8.69. The molecule has 0 aromatic heterocycles. The van der Waals surface area contributed by atoms with E-state index in [0.717, 1.165) is 32.1 Å². The first kappa shape index (κ1) is 51.9. The van der Waals surface area contributed by atoms with Gasteiger partial charge in [0.15, 0.2) is 6.10 Å². The number of aliphatic hydroxyl groups excluding tert-OH is 1. The van der Waals surface area contributed by atoms with Gasteiger partial charge < -0.3 is 24.0 Å². The summed E-state index contributed by atoms with van der Waals surface area (Å²) in [6, 6.07) is 0. The Labute approximate surface area is 329 Å². The average molecular weight is 785 g/mol. The number of carbonyl (C=O) groups is 2. The van der Waals surface area contributed by atoms with Gasteiger partial charge >= 0.3 is 19.8 Å². The van der Waals surface area contributed by atoms with Gasteiger partial charge in [0.1, 0.15) is 19.8 Å². The molecule has 0 amide bonds. The van der Waals surface area contributed by atoms with Gasteiger partial charge in [0.2, 0.25) is 0 Å². The molecule has 2 N–H and O–H groups in total. The molecule has 2 unspecified atom stereocenters. The molecule has 0 heterocycles. The van der Waals surface area contributed by atoms with E-state index in [4.69, 9.17) is 18.5 Å². The van der Waals surface area contributed by atoms with Gasteiger partial charge in [-0.3, -0.25) is 18.6 Å². The molecule has 0 spiro atoms. The van der Waals surface area contributed by atoms with Crippen molar-refractivity contribution in [2.45, 2.75) is 167 Å². The number of hydrogen-bond acceptors (Lipinski definition) is 8. The lowest BCUT2D eigenvalue weighted by atomic mass is 10.0. The molecule has 54 heavy (non-hydrogen) atoms. The van der Waals surface area contributed by atoms with Crippen molar-refractivity contribution in [3.05, 3.63) is 48.6 Å². The van der Waals surface area contributed by atoms with E-state index in [2.05, 4.69) is 32.1 Å². The highest BCUT2D eigenvalue weighted by molar-refractivity contribution is 7.47. The predicted molar refractivity (Wildman–Crippen MR) is 221 cm³/mol. The number of esters is 2. The molecule has 0 aliphatic rings. The van der Waals surface area contributed by atoms with Crippen molar-refractivity contribution < 1.29 is 47.2 Å². The van der Waals surface area contributed by atoms with E-state index in [1.807, 2.05) is 39.4 Å². The zero-order chi connectivity index (χ0) is 40.2. The van der Waals surface area contributed by atoms with Crippen LogP contribution < -0.4 is 0 Å². The normalized spacial score (nSPS) is 14.7. The monoisotopic (exact) mass is 785 g/mol. The number of unbranched alkanes of at least 4 members (excludes halogenated alkanes) is 15. The SMILES string of the molecule is CCCCC/C=C\C/C=C\CC(O)/C=C\C=C\CCCC(=O)O[C@H](COC(=O)CCCCCCCCCCCCCC)COP(=O)(O)OCC[N+](C)(C)C. The third-order valence-corrected chi connectivity index (χ3v) is 9.68. The summed E-state index contributed by atoms with van der Waals surface area (Å²) in [5, 5.41) is 10.1. The molecule has 0 aromatic rings. The zero-order valence-corrected chi connectivity index (χ0v) is 35.7. The number of aliphatic hydroxyl groups is 1. The number of allylic oxidation sites excluding steroid dienone is 6. The molecular weight excluding hydrogens is 705 g/mol. The fourth-order valence-electron chi connectivity index (χ4n) is 5.32. The van der Waals surface area contributed by atoms with Crippen molar-refractivity contribution >= 4 is 19.8 Å². The van der Waals surface area contributed by atoms with Gasteiger partial charge in [-0.25, -0.2) is 4.57 Å². The zero-order valence-electron chi connectivity index (χ0n) is 34.8. The smallest absolute Gasteiger partial charge is 0.462 e. The van der Waals surface area contributed by atoms with E-state index in [1.165, 1.54) is 77.0 Å². The van der Waals surface area contributed by atoms with Gasteiger partial charge in [0.25, 0.3) is 0 Å². The van der Waals surface area contributed by atoms with Crippen molar-refractivity contribution in [3.8, 4) is 0 Å². The fourth-order valence-corrected chi connectivity index (χ4v) is 6.06. The first-order valence-corrected chi connectivity index (χ1v) is 22.5. The van der Waals surface area contributed by atoms with Crippen LogP contribution in [0.5, 0.6) is 0 Å². The van der Waals surface area contributed by atoms with E-state index in [1.54, 1.807) is 12.2 Å². The fraction of sp³-hybridized carbons (Fsp3) is 0.767. The Morgan fingerprint density at radius 3 is 1.89 bits per heavy atom. The molecule has 0 saturated carbocycles. The molecule has 0 aliphatic carbocycles. The summed E-state index contributed by atoms with van der Waals surface area (Å²) in [5.74, 6) is -0.930. The second-order valence-corrected chi connectivity index (χ2v) is 16.7. The van der Waals surface area contributed by atoms with Crippen LogP contribution in [0.1, 0.15) is 155 Å². The van der Waals surface area contributed by atoms with E-state index in [0.29, 0.717) is 30.3 Å². The molecule has 3 atom stereocenters. The summed E-state index contributed by atoms with van der Waals surface area (Å²) in [7, 11) is 1.39. The second kappa shape index (κ2) is 35.4. The highest BCUT2D eigenvalue weighted by Crippen LogP contribution is 2.43. The van der Waals surface area contributed by atoms with E-state index in [-0.39, 0.29) is 26.1 Å². The Kier molecular flexibility index (Phi) is 34.0. The molecule has 11 heteroatoms. The summed E-state index contributed by atoms with van der Waals surface area (Å²) in [4.78, 5) is 35.2. The van der Waals surface area contributed by atoms with Crippen molar-refractivity contribution in [1.29, 1.82) is 0 Å². The average Bonchev–Trinajstić information content (AvgIpc) is 3.11. The molecule has 10 nitrogen and oxygen atoms in total. The highest BCUT2D eigenvalue weighted by Gasteiger charge is 2.27. The summed E-state index contributed by atoms with van der Waals surface area (Å²) in [5.41, 5.74) is 0. The van der Waals surface area contributed by atoms with E-state index < -0.39 is 38.6 Å². The number of hydrogen-bond donors (Lipinski definition) is 2. The molecule has 0 aromatic carbocycles. The predicted octanol–water partition coefficient (Wildman–Crippen LogP) is 10.5. The Hall–Kier alpha value is -2.07. The molecule has 0 radical (unpaired) electrons. The van der Waals surface area contributed by atoms with Crippen molar-refractivity contribution in [3.63, 3.8) is 0 Å². The van der Waals surface area contributed by atoms with Crippen molar-refractivity contribution in [1.82, 2.24) is 0 Å². The summed E-state index contributed by atoms with van der Waals surface area (Å²) in [6.45, 7) is 4.20. The molecular formula is C43H79NO9P+. The summed E-state index contributed by atoms with van der Waals surface area (Å²) in [6.07, 6.45) is 36.2. The minimum absolute atomic E-state index is 0.00556. The quantitative estimate of drug-likeness (QED) is 0.0158. The maximum atomic E-state index is 12.6. The van der Waals surface area contributed by atoms with Crippen LogP contribution in [-0.4, -0.2) is 86.1 Å². The van der Waals surface area contributed by atoms with Gasteiger partial charge in [0, 0.05) is 12.8 Å². The third kappa shape index (κ3) is 38.2. The minimum Gasteiger partial charge on any atom is -0.462 e. The van der Waals surface area contributed by atoms with Gasteiger partial charge in [-0.1, -0.05) is 146 Å². The van der Waals surface area contributed by atoms with Crippen LogP contribution in [0, 0.1) is 0 Å². The van der Waals surface area contributed by atoms with Crippen molar-refractivity contribution in [2.75, 3.05) is 47.5 Å². The Balaban J connectivity index is 4.59. The molecule has 0 aliphatic heterocycles. The van der Waals surface area contributed by atoms with Crippen LogP contribution in [-0.2, 0) is 32.7 Å². The lowest BCUT2D eigenvalue weighted by Crippen LogP contribution is -2.37. The summed E-state index contributed by atoms with van der Waals surface area (Å²) >= 11 is 0. The molecule has 0 rings (SSSR count). The molecule has 314 valence electrons. The number of carbonyl (C=O) groups excluding carboxylic acids is 2. The maximum Gasteiger partial charge on any atom is 0.472 e. The van der Waals surface area contributed by atoms with Crippen LogP contribution in [0.4, 0.5) is 0 Å². The number of phosphoric acid groups is 1. The Morgan fingerprint density at radius 2 is 1.24 bits per heavy atom. The van der Waals surface area contributed by atoms with Gasteiger partial charge in [-0.2, -0.15) is 0 Å². The first-order valence-electron chi connectivity index (χ1n) is 21.0. The van der Waals surface area contributed by atoms with Gasteiger partial charge in [-0.05, 0) is 44.9 Å². The topological polar surface area (TPSA) is 129 Å². The maximum absolute atomic E-state index is 12.6. The lowest BCUT2D eigenvalue weighted by molar-refractivity contribution is -0.870. The molecule has 0 fully saturated rings. The van der Waals surface area contributed by atoms with E-state index in [9.17, 15) is 24.2 Å². The lowest BCUT2D eigenvalue weighted by Gasteiger charge is -2.24. The number of phosphoric ester groups is 1. The highest BCUT2D eigenvalue weighted by atomic mass is 31.2. The van der Waals surface area contributed by atoms with Crippen LogP contribution in [0.3, 0.4) is 0 Å². The number of likely N-dealkylation sites (N-methyl/N-ethyl adjacent to an activating group) is 1.